The molecule has 0 aliphatic heterocycles. The van der Waals surface area contributed by atoms with E-state index in [0.717, 1.165) is 18.7 Å². The van der Waals surface area contributed by atoms with E-state index in [2.05, 4.69) is 26.1 Å². The average Bonchev–Trinajstić information content (AvgIpc) is 2.35. The van der Waals surface area contributed by atoms with E-state index in [-0.39, 0.29) is 5.54 Å². The summed E-state index contributed by atoms with van der Waals surface area (Å²) < 4.78 is 5.10. The zero-order valence-electron chi connectivity index (χ0n) is 12.5. The third kappa shape index (κ3) is 6.97. The van der Waals surface area contributed by atoms with E-state index in [1.165, 1.54) is 5.56 Å². The highest BCUT2D eigenvalue weighted by atomic mass is 16.5. The molecule has 3 nitrogen and oxygen atoms in total. The summed E-state index contributed by atoms with van der Waals surface area (Å²) in [5.41, 5.74) is 1.26. The van der Waals surface area contributed by atoms with Crippen LogP contribution in [-0.4, -0.2) is 25.0 Å². The van der Waals surface area contributed by atoms with E-state index in [1.807, 2.05) is 24.3 Å². The van der Waals surface area contributed by atoms with Gasteiger partial charge in [0, 0.05) is 24.9 Å². The Morgan fingerprint density at radius 2 is 1.79 bits per heavy atom. The Morgan fingerprint density at radius 3 is 2.32 bits per heavy atom. The first-order valence-corrected chi connectivity index (χ1v) is 6.80. The zero-order valence-corrected chi connectivity index (χ0v) is 12.5. The number of methoxy groups -OCH3 is 1. The Bertz CT molecular complexity index is 390. The average molecular weight is 263 g/mol. The molecule has 0 aromatic heterocycles. The lowest BCUT2D eigenvalue weighted by Gasteiger charge is -2.20. The van der Waals surface area contributed by atoms with Crippen molar-refractivity contribution in [3.05, 3.63) is 29.8 Å². The van der Waals surface area contributed by atoms with Crippen molar-refractivity contribution in [2.75, 3.05) is 13.7 Å². The smallest absolute Gasteiger partial charge is 0.134 e. The van der Waals surface area contributed by atoms with Crippen LogP contribution in [-0.2, 0) is 11.2 Å². The van der Waals surface area contributed by atoms with Crippen molar-refractivity contribution < 1.29 is 9.53 Å². The van der Waals surface area contributed by atoms with Gasteiger partial charge in [-0.1, -0.05) is 12.1 Å². The molecular weight excluding hydrogens is 238 g/mol. The van der Waals surface area contributed by atoms with Gasteiger partial charge in [0.15, 0.2) is 0 Å². The molecule has 1 rings (SSSR count). The number of carbonyl (C=O) groups is 1. The minimum Gasteiger partial charge on any atom is -0.497 e. The maximum atomic E-state index is 11.8. The highest BCUT2D eigenvalue weighted by molar-refractivity contribution is 5.78. The van der Waals surface area contributed by atoms with Crippen molar-refractivity contribution in [3.8, 4) is 5.75 Å². The molecule has 0 heterocycles. The Morgan fingerprint density at radius 1 is 1.16 bits per heavy atom. The SMILES string of the molecule is COc1ccc(CCC(=O)CCNC(C)(C)C)cc1. The van der Waals surface area contributed by atoms with E-state index in [1.54, 1.807) is 7.11 Å². The quantitative estimate of drug-likeness (QED) is 0.822. The lowest BCUT2D eigenvalue weighted by Crippen LogP contribution is -2.37. The van der Waals surface area contributed by atoms with Crippen molar-refractivity contribution in [1.82, 2.24) is 5.32 Å². The second-order valence-corrected chi connectivity index (χ2v) is 5.81. The van der Waals surface area contributed by atoms with Gasteiger partial charge in [-0.05, 0) is 44.9 Å². The number of ketones is 1. The molecule has 0 saturated heterocycles. The second-order valence-electron chi connectivity index (χ2n) is 5.81. The van der Waals surface area contributed by atoms with Gasteiger partial charge in [-0.3, -0.25) is 4.79 Å². The molecule has 0 unspecified atom stereocenters. The van der Waals surface area contributed by atoms with Gasteiger partial charge < -0.3 is 10.1 Å². The molecule has 1 aromatic carbocycles. The lowest BCUT2D eigenvalue weighted by atomic mass is 10.0. The van der Waals surface area contributed by atoms with Crippen molar-refractivity contribution in [2.24, 2.45) is 0 Å². The monoisotopic (exact) mass is 263 g/mol. The minimum absolute atomic E-state index is 0.0796. The van der Waals surface area contributed by atoms with Crippen molar-refractivity contribution in [3.63, 3.8) is 0 Å². The predicted molar refractivity (Wildman–Crippen MR) is 78.7 cm³/mol. The van der Waals surface area contributed by atoms with E-state index >= 15 is 0 Å². The van der Waals surface area contributed by atoms with Crippen molar-refractivity contribution in [2.45, 2.75) is 45.6 Å². The Labute approximate surface area is 116 Å². The number of carbonyl (C=O) groups excluding carboxylic acids is 1. The first-order chi connectivity index (χ1) is 8.90. The van der Waals surface area contributed by atoms with Crippen LogP contribution >= 0.6 is 0 Å². The molecule has 106 valence electrons. The number of nitrogens with one attached hydrogen (secondary N) is 1. The fraction of sp³-hybridized carbons (Fsp3) is 0.562. The van der Waals surface area contributed by atoms with Crippen LogP contribution in [0.3, 0.4) is 0 Å². The predicted octanol–water partition coefficient (Wildman–Crippen LogP) is 2.98. The first kappa shape index (κ1) is 15.7. The van der Waals surface area contributed by atoms with Gasteiger partial charge in [-0.15, -0.1) is 0 Å². The topological polar surface area (TPSA) is 38.3 Å². The standard InChI is InChI=1S/C16H25NO2/c1-16(2,3)17-12-11-14(18)8-5-13-6-9-15(19-4)10-7-13/h6-7,9-10,17H,5,8,11-12H2,1-4H3. The molecule has 0 bridgehead atoms. The van der Waals surface area contributed by atoms with Crippen LogP contribution in [0.1, 0.15) is 39.2 Å². The van der Waals surface area contributed by atoms with E-state index < -0.39 is 0 Å². The maximum Gasteiger partial charge on any atom is 0.134 e. The number of hydrogen-bond acceptors (Lipinski definition) is 3. The van der Waals surface area contributed by atoms with E-state index in [9.17, 15) is 4.79 Å². The summed E-state index contributed by atoms with van der Waals surface area (Å²) in [5, 5.41) is 3.33. The summed E-state index contributed by atoms with van der Waals surface area (Å²) in [6.07, 6.45) is 2.02. The maximum absolute atomic E-state index is 11.8. The molecule has 0 aliphatic rings. The fourth-order valence-electron chi connectivity index (χ4n) is 1.78. The van der Waals surface area contributed by atoms with Crippen molar-refractivity contribution in [1.29, 1.82) is 0 Å². The highest BCUT2D eigenvalue weighted by Gasteiger charge is 2.09. The summed E-state index contributed by atoms with van der Waals surface area (Å²) in [4.78, 5) is 11.8. The number of Topliss-reactive ketones (excluding diaryl/α,β-unsaturated/α-hetero) is 1. The second kappa shape index (κ2) is 7.29. The third-order valence-corrected chi connectivity index (χ3v) is 2.91. The summed E-state index contributed by atoms with van der Waals surface area (Å²) >= 11 is 0. The van der Waals surface area contributed by atoms with Gasteiger partial charge in [0.2, 0.25) is 0 Å². The fourth-order valence-corrected chi connectivity index (χ4v) is 1.78. The van der Waals surface area contributed by atoms with Gasteiger partial charge in [0.1, 0.15) is 11.5 Å². The van der Waals surface area contributed by atoms with Crippen LogP contribution in [0.15, 0.2) is 24.3 Å². The molecule has 0 fully saturated rings. The molecule has 1 aromatic rings. The summed E-state index contributed by atoms with van der Waals surface area (Å²) in [6.45, 7) is 7.07. The largest absolute Gasteiger partial charge is 0.497 e. The van der Waals surface area contributed by atoms with Gasteiger partial charge in [-0.2, -0.15) is 0 Å². The molecule has 3 heteroatoms. The van der Waals surface area contributed by atoms with Crippen molar-refractivity contribution >= 4 is 5.78 Å². The molecule has 0 aliphatic carbocycles. The molecule has 1 N–H and O–H groups in total. The minimum atomic E-state index is 0.0796. The molecular formula is C16H25NO2. The number of aryl methyl sites for hydroxylation is 1. The number of rotatable bonds is 7. The summed E-state index contributed by atoms with van der Waals surface area (Å²) in [6, 6.07) is 7.89. The van der Waals surface area contributed by atoms with Crippen LogP contribution in [0.2, 0.25) is 0 Å². The summed E-state index contributed by atoms with van der Waals surface area (Å²) in [7, 11) is 1.65. The summed E-state index contributed by atoms with van der Waals surface area (Å²) in [5.74, 6) is 1.16. The first-order valence-electron chi connectivity index (χ1n) is 6.80. The molecule has 0 amide bonds. The number of ether oxygens (including phenoxy) is 1. The Balaban J connectivity index is 2.26. The van der Waals surface area contributed by atoms with Crippen LogP contribution in [0.4, 0.5) is 0 Å². The van der Waals surface area contributed by atoms with Crippen LogP contribution < -0.4 is 10.1 Å². The molecule has 0 atom stereocenters. The lowest BCUT2D eigenvalue weighted by molar-refractivity contribution is -0.119. The Hall–Kier alpha value is -1.35. The van der Waals surface area contributed by atoms with Gasteiger partial charge >= 0.3 is 0 Å². The van der Waals surface area contributed by atoms with Gasteiger partial charge in [0.25, 0.3) is 0 Å². The molecule has 19 heavy (non-hydrogen) atoms. The van der Waals surface area contributed by atoms with Gasteiger partial charge in [-0.25, -0.2) is 0 Å². The Kier molecular flexibility index (Phi) is 6.03. The zero-order chi connectivity index (χ0) is 14.3. The molecule has 0 saturated carbocycles. The normalized spacial score (nSPS) is 11.4. The van der Waals surface area contributed by atoms with Gasteiger partial charge in [0.05, 0.1) is 7.11 Å². The van der Waals surface area contributed by atoms with Crippen LogP contribution in [0.5, 0.6) is 5.75 Å². The highest BCUT2D eigenvalue weighted by Crippen LogP contribution is 2.13. The molecule has 0 spiro atoms. The third-order valence-electron chi connectivity index (χ3n) is 2.91. The van der Waals surface area contributed by atoms with E-state index in [4.69, 9.17) is 4.74 Å². The van der Waals surface area contributed by atoms with Crippen LogP contribution in [0, 0.1) is 0 Å². The van der Waals surface area contributed by atoms with E-state index in [0.29, 0.717) is 18.6 Å². The number of benzene rings is 1. The number of hydrogen-bond donors (Lipinski definition) is 1. The van der Waals surface area contributed by atoms with Crippen LogP contribution in [0.25, 0.3) is 0 Å². The molecule has 0 radical (unpaired) electrons.